The summed E-state index contributed by atoms with van der Waals surface area (Å²) in [5.74, 6) is 0. The molecule has 0 rings (SSSR count). The normalized spacial score (nSPS) is 13.0. The molecule has 0 saturated heterocycles. The van der Waals surface area contributed by atoms with Gasteiger partial charge in [-0.1, -0.05) is 0 Å². The summed E-state index contributed by atoms with van der Waals surface area (Å²) in [6.45, 7) is 17.8. The Kier molecular flexibility index (Phi) is 16.9. The van der Waals surface area contributed by atoms with Crippen molar-refractivity contribution in [1.82, 2.24) is 0 Å². The maximum atomic E-state index is 2.47. The summed E-state index contributed by atoms with van der Waals surface area (Å²) in [5.41, 5.74) is 1.96. The van der Waals surface area contributed by atoms with Crippen LogP contribution in [0, 0.1) is 0 Å². The molecule has 0 aromatic carbocycles. The van der Waals surface area contributed by atoms with Crippen molar-refractivity contribution in [1.29, 1.82) is 0 Å². The summed E-state index contributed by atoms with van der Waals surface area (Å²) in [6, 6.07) is 0. The van der Waals surface area contributed by atoms with Crippen LogP contribution in [0.1, 0.15) is 113 Å². The van der Waals surface area contributed by atoms with Crippen LogP contribution in [0.3, 0.4) is 0 Å². The molecule has 0 aromatic heterocycles. The fourth-order valence-electron chi connectivity index (χ4n) is 5.02. The first-order valence-corrected chi connectivity index (χ1v) is 19.8. The monoisotopic (exact) mass is 470 g/mol. The summed E-state index contributed by atoms with van der Waals surface area (Å²) in [7, 11) is 0. The van der Waals surface area contributed by atoms with Crippen molar-refractivity contribution in [2.45, 2.75) is 139 Å². The van der Waals surface area contributed by atoms with Gasteiger partial charge in [0.15, 0.2) is 0 Å². The van der Waals surface area contributed by atoms with E-state index in [1.807, 2.05) is 5.47 Å². The van der Waals surface area contributed by atoms with Crippen LogP contribution in [0.5, 0.6) is 0 Å². The van der Waals surface area contributed by atoms with Crippen molar-refractivity contribution in [2.75, 3.05) is 0 Å². The fraction of sp³-hybridized carbons (Fsp3) is 0.917. The molecule has 0 aliphatic carbocycles. The first-order valence-electron chi connectivity index (χ1n) is 12.3. The molecule has 0 spiro atoms. The van der Waals surface area contributed by atoms with Gasteiger partial charge in [-0.3, -0.25) is 0 Å². The molecule has 0 unspecified atom stereocenters. The third-order valence-electron chi connectivity index (χ3n) is 6.69. The van der Waals surface area contributed by atoms with Crippen LogP contribution < -0.4 is 0 Å². The quantitative estimate of drug-likeness (QED) is 0.186. The van der Waals surface area contributed by atoms with Gasteiger partial charge in [-0.05, 0) is 0 Å². The second-order valence-electron chi connectivity index (χ2n) is 8.57. The third kappa shape index (κ3) is 8.74. The van der Waals surface area contributed by atoms with Crippen molar-refractivity contribution < 1.29 is 0 Å². The molecule has 0 aliphatic heterocycles. The van der Waals surface area contributed by atoms with Crippen molar-refractivity contribution in [2.24, 2.45) is 0 Å². The second kappa shape index (κ2) is 16.5. The van der Waals surface area contributed by atoms with Crippen LogP contribution in [-0.2, 0) is 0 Å². The molecule has 0 aliphatic rings. The standard InChI is InChI=1S/C12H24B.3C4H9.Sn/c1-5-9-10-11-12(6-2)13(7-3)8-4;3*1-3-4-2;/h5-10H2,1-4H3;3*1,3-4H2,2H3;. The van der Waals surface area contributed by atoms with Gasteiger partial charge in [0.1, 0.15) is 0 Å². The van der Waals surface area contributed by atoms with Gasteiger partial charge in [0, 0.05) is 0 Å². The minimum atomic E-state index is -2.26. The average molecular weight is 469 g/mol. The van der Waals surface area contributed by atoms with Gasteiger partial charge in [0.25, 0.3) is 0 Å². The predicted molar refractivity (Wildman–Crippen MR) is 128 cm³/mol. The Labute approximate surface area is 172 Å². The van der Waals surface area contributed by atoms with E-state index in [9.17, 15) is 0 Å². The Morgan fingerprint density at radius 2 is 1.04 bits per heavy atom. The number of hydrogen-bond donors (Lipinski definition) is 0. The van der Waals surface area contributed by atoms with Gasteiger partial charge in [0.2, 0.25) is 0 Å². The molecular weight excluding hydrogens is 418 g/mol. The Morgan fingerprint density at radius 3 is 1.35 bits per heavy atom. The first-order chi connectivity index (χ1) is 12.6. The Balaban J connectivity index is 6.21. The second-order valence-corrected chi connectivity index (χ2v) is 21.9. The molecule has 0 nitrogen and oxygen atoms in total. The molecule has 154 valence electrons. The number of unbranched alkanes of at least 4 members (excludes halogenated alkanes) is 4. The molecule has 0 N–H and O–H groups in total. The van der Waals surface area contributed by atoms with Crippen LogP contribution in [0.2, 0.25) is 26.0 Å². The number of hydrogen-bond acceptors (Lipinski definition) is 0. The van der Waals surface area contributed by atoms with Gasteiger partial charge in [-0.2, -0.15) is 0 Å². The van der Waals surface area contributed by atoms with Crippen LogP contribution in [0.4, 0.5) is 0 Å². The van der Waals surface area contributed by atoms with E-state index in [-0.39, 0.29) is 0 Å². The Bertz CT molecular complexity index is 335. The van der Waals surface area contributed by atoms with Crippen molar-refractivity contribution in [3.8, 4) is 0 Å². The molecule has 0 saturated carbocycles. The van der Waals surface area contributed by atoms with Gasteiger partial charge >= 0.3 is 173 Å². The van der Waals surface area contributed by atoms with E-state index in [1.54, 1.807) is 13.3 Å². The molecule has 0 heterocycles. The van der Waals surface area contributed by atoms with E-state index in [1.165, 1.54) is 76.8 Å². The Hall–Kier alpha value is 0.604. The average Bonchev–Trinajstić information content (AvgIpc) is 2.67. The van der Waals surface area contributed by atoms with Gasteiger partial charge < -0.3 is 0 Å². The van der Waals surface area contributed by atoms with Crippen LogP contribution >= 0.6 is 0 Å². The number of rotatable bonds is 17. The molecule has 0 amide bonds. The molecule has 0 atom stereocenters. The first kappa shape index (κ1) is 26.6. The van der Waals surface area contributed by atoms with Crippen LogP contribution in [0.15, 0.2) is 9.06 Å². The third-order valence-corrected chi connectivity index (χ3v) is 23.2. The van der Waals surface area contributed by atoms with Crippen molar-refractivity contribution in [3.63, 3.8) is 0 Å². The molecule has 2 heteroatoms. The summed E-state index contributed by atoms with van der Waals surface area (Å²) in [4.78, 5) is 0. The molecule has 26 heavy (non-hydrogen) atoms. The number of allylic oxidation sites excluding steroid dienone is 2. The molecular formula is C24H51BSn. The van der Waals surface area contributed by atoms with E-state index in [0.717, 1.165) is 6.71 Å². The van der Waals surface area contributed by atoms with E-state index < -0.39 is 18.4 Å². The zero-order chi connectivity index (χ0) is 19.8. The van der Waals surface area contributed by atoms with Crippen molar-refractivity contribution in [3.05, 3.63) is 9.06 Å². The summed E-state index contributed by atoms with van der Waals surface area (Å²) >= 11 is -2.26. The van der Waals surface area contributed by atoms with E-state index >= 15 is 0 Å². The van der Waals surface area contributed by atoms with Gasteiger partial charge in [-0.25, -0.2) is 0 Å². The van der Waals surface area contributed by atoms with E-state index in [0.29, 0.717) is 0 Å². The van der Waals surface area contributed by atoms with Crippen LogP contribution in [-0.4, -0.2) is 25.1 Å². The van der Waals surface area contributed by atoms with Crippen molar-refractivity contribution >= 4 is 25.1 Å². The molecule has 0 radical (unpaired) electrons. The molecule has 0 fully saturated rings. The van der Waals surface area contributed by atoms with E-state index in [2.05, 4.69) is 52.1 Å². The summed E-state index contributed by atoms with van der Waals surface area (Å²) < 4.78 is 7.09. The zero-order valence-electron chi connectivity index (χ0n) is 19.7. The SMILES string of the molecule is CCCC/[C](=C(/CC)B(CC)CC)[Sn]([CH2]CCC)([CH2]CCC)[CH2]CCC. The van der Waals surface area contributed by atoms with E-state index in [4.69, 9.17) is 0 Å². The molecule has 0 aromatic rings. The minimum absolute atomic E-state index is 0.868. The maximum absolute atomic E-state index is 2.47. The topological polar surface area (TPSA) is 0 Å². The van der Waals surface area contributed by atoms with Crippen LogP contribution in [0.25, 0.3) is 0 Å². The summed E-state index contributed by atoms with van der Waals surface area (Å²) in [6.07, 6.45) is 17.0. The summed E-state index contributed by atoms with van der Waals surface area (Å²) in [5, 5.41) is 0. The Morgan fingerprint density at radius 1 is 0.615 bits per heavy atom. The fourth-order valence-corrected chi connectivity index (χ4v) is 23.6. The van der Waals surface area contributed by atoms with Gasteiger partial charge in [0.05, 0.1) is 0 Å². The predicted octanol–water partition coefficient (Wildman–Crippen LogP) is 9.35. The zero-order valence-corrected chi connectivity index (χ0v) is 22.5. The van der Waals surface area contributed by atoms with Gasteiger partial charge in [-0.15, -0.1) is 0 Å². The molecule has 0 bridgehead atoms.